The van der Waals surface area contributed by atoms with Crippen LogP contribution in [0.3, 0.4) is 0 Å². The molecule has 6 nitrogen and oxygen atoms in total. The molecule has 0 amide bonds. The molecule has 0 radical (unpaired) electrons. The maximum atomic E-state index is 11.5. The highest BCUT2D eigenvalue weighted by Gasteiger charge is 2.16. The van der Waals surface area contributed by atoms with Crippen LogP contribution in [-0.2, 0) is 0 Å². The van der Waals surface area contributed by atoms with Crippen molar-refractivity contribution in [2.24, 2.45) is 0 Å². The van der Waals surface area contributed by atoms with Gasteiger partial charge in [-0.3, -0.25) is 0 Å². The molecule has 0 saturated carbocycles. The van der Waals surface area contributed by atoms with Crippen LogP contribution in [0, 0.1) is 0 Å². The minimum atomic E-state index is -1.11. The van der Waals surface area contributed by atoms with Crippen molar-refractivity contribution in [3.8, 4) is 5.69 Å². The fourth-order valence-electron chi connectivity index (χ4n) is 2.47. The predicted molar refractivity (Wildman–Crippen MR) is 109 cm³/mol. The van der Waals surface area contributed by atoms with Crippen molar-refractivity contribution in [2.75, 3.05) is 0 Å². The number of nitrogens with zero attached hydrogens (tertiary/aromatic N) is 4. The normalized spacial score (nSPS) is 12.5. The molecule has 0 fully saturated rings. The highest BCUT2D eigenvalue weighted by Crippen LogP contribution is 2.23. The van der Waals surface area contributed by atoms with Crippen LogP contribution in [0.5, 0.6) is 0 Å². The summed E-state index contributed by atoms with van der Waals surface area (Å²) in [5, 5.41) is 17.8. The summed E-state index contributed by atoms with van der Waals surface area (Å²) in [7, 11) is 0. The van der Waals surface area contributed by atoms with E-state index < -0.39 is 5.97 Å². The first kappa shape index (κ1) is 19.8. The van der Waals surface area contributed by atoms with Gasteiger partial charge in [-0.1, -0.05) is 54.3 Å². The topological polar surface area (TPSA) is 80.9 Å². The summed E-state index contributed by atoms with van der Waals surface area (Å²) in [6.07, 6.45) is 16.5. The summed E-state index contributed by atoms with van der Waals surface area (Å²) in [5.74, 6) is -1.11. The van der Waals surface area contributed by atoms with Crippen LogP contribution in [-0.4, -0.2) is 31.1 Å². The van der Waals surface area contributed by atoms with Crippen molar-refractivity contribution in [3.05, 3.63) is 77.9 Å². The Morgan fingerprint density at radius 3 is 2.56 bits per heavy atom. The summed E-state index contributed by atoms with van der Waals surface area (Å²) >= 11 is 0. The third kappa shape index (κ3) is 4.55. The van der Waals surface area contributed by atoms with Gasteiger partial charge in [-0.25, -0.2) is 14.5 Å². The fraction of sp³-hybridized carbons (Fsp3) is 0.143. The van der Waals surface area contributed by atoms with Crippen LogP contribution >= 0.6 is 0 Å². The maximum Gasteiger partial charge on any atom is 0.354 e. The lowest BCUT2D eigenvalue weighted by Crippen LogP contribution is -2.08. The summed E-state index contributed by atoms with van der Waals surface area (Å²) < 4.78 is 1.54. The Hall–Kier alpha value is -3.54. The van der Waals surface area contributed by atoms with Crippen LogP contribution in [0.15, 0.2) is 55.3 Å². The Labute approximate surface area is 158 Å². The monoisotopic (exact) mass is 362 g/mol. The number of rotatable bonds is 7. The van der Waals surface area contributed by atoms with E-state index in [2.05, 4.69) is 21.9 Å². The van der Waals surface area contributed by atoms with E-state index in [-0.39, 0.29) is 5.69 Å². The SMILES string of the molecule is C=Cc1c(-n2cc(C(/C=C\C)=C/C=C\C)nn2)cc(C(=O)O)nc1/C=C\C. The zero-order valence-corrected chi connectivity index (χ0v) is 15.6. The molecule has 0 aliphatic heterocycles. The maximum absolute atomic E-state index is 11.5. The van der Waals surface area contributed by atoms with Crippen molar-refractivity contribution in [1.82, 2.24) is 20.0 Å². The molecule has 0 saturated heterocycles. The standard InChI is InChI=1S/C21H22N4O2/c1-5-9-12-15(10-6-2)19-14-25(24-23-19)20-13-18(21(26)27)22-17(11-7-3)16(20)8-4/h5-14H,4H2,1-3H3,(H,26,27)/b9-5-,10-6-,11-7-,15-12+. The van der Waals surface area contributed by atoms with Crippen molar-refractivity contribution in [3.63, 3.8) is 0 Å². The zero-order chi connectivity index (χ0) is 19.8. The number of pyridine rings is 1. The average molecular weight is 362 g/mol. The van der Waals surface area contributed by atoms with E-state index in [1.165, 1.54) is 6.07 Å². The quantitative estimate of drug-likeness (QED) is 0.730. The number of aromatic nitrogens is 4. The second kappa shape index (κ2) is 9.24. The van der Waals surface area contributed by atoms with Gasteiger partial charge in [-0.05, 0) is 32.9 Å². The van der Waals surface area contributed by atoms with Crippen LogP contribution < -0.4 is 0 Å². The smallest absolute Gasteiger partial charge is 0.354 e. The fourth-order valence-corrected chi connectivity index (χ4v) is 2.47. The van der Waals surface area contributed by atoms with Crippen molar-refractivity contribution in [1.29, 1.82) is 0 Å². The van der Waals surface area contributed by atoms with Crippen LogP contribution in [0.2, 0.25) is 0 Å². The molecule has 6 heteroatoms. The molecule has 138 valence electrons. The lowest BCUT2D eigenvalue weighted by atomic mass is 10.1. The number of carboxylic acid groups (broad SMARTS) is 1. The van der Waals surface area contributed by atoms with Gasteiger partial charge in [-0.2, -0.15) is 0 Å². The molecule has 0 atom stereocenters. The molecule has 2 rings (SSSR count). The van der Waals surface area contributed by atoms with E-state index in [0.717, 1.165) is 5.57 Å². The second-order valence-electron chi connectivity index (χ2n) is 5.53. The first-order valence-electron chi connectivity index (χ1n) is 8.47. The van der Waals surface area contributed by atoms with Crippen molar-refractivity contribution < 1.29 is 9.90 Å². The van der Waals surface area contributed by atoms with Gasteiger partial charge >= 0.3 is 5.97 Å². The molecule has 0 aliphatic carbocycles. The van der Waals surface area contributed by atoms with Gasteiger partial charge < -0.3 is 5.11 Å². The molecule has 0 aliphatic rings. The van der Waals surface area contributed by atoms with E-state index >= 15 is 0 Å². The van der Waals surface area contributed by atoms with E-state index in [9.17, 15) is 9.90 Å². The molecule has 2 aromatic rings. The van der Waals surface area contributed by atoms with Gasteiger partial charge in [-0.15, -0.1) is 5.10 Å². The molecule has 27 heavy (non-hydrogen) atoms. The second-order valence-corrected chi connectivity index (χ2v) is 5.53. The highest BCUT2D eigenvalue weighted by atomic mass is 16.4. The number of allylic oxidation sites excluding steroid dienone is 7. The highest BCUT2D eigenvalue weighted by molar-refractivity contribution is 5.88. The molecule has 0 bridgehead atoms. The summed E-state index contributed by atoms with van der Waals surface area (Å²) in [6.45, 7) is 9.53. The summed E-state index contributed by atoms with van der Waals surface area (Å²) in [5.41, 5.74) is 3.23. The van der Waals surface area contributed by atoms with Crippen LogP contribution in [0.1, 0.15) is 48.2 Å². The van der Waals surface area contributed by atoms with E-state index in [4.69, 9.17) is 0 Å². The molecule has 0 unspecified atom stereocenters. The Kier molecular flexibility index (Phi) is 6.77. The molecular formula is C21H22N4O2. The third-order valence-corrected chi connectivity index (χ3v) is 3.66. The zero-order valence-electron chi connectivity index (χ0n) is 15.6. The Balaban J connectivity index is 2.66. The van der Waals surface area contributed by atoms with Gasteiger partial charge in [0, 0.05) is 11.1 Å². The first-order valence-corrected chi connectivity index (χ1v) is 8.47. The van der Waals surface area contributed by atoms with Gasteiger partial charge in [0.25, 0.3) is 0 Å². The molecule has 1 N–H and O–H groups in total. The minimum absolute atomic E-state index is 0.0705. The number of carbonyl (C=O) groups is 1. The lowest BCUT2D eigenvalue weighted by Gasteiger charge is -2.10. The van der Waals surface area contributed by atoms with Crippen LogP contribution in [0.25, 0.3) is 23.4 Å². The summed E-state index contributed by atoms with van der Waals surface area (Å²) in [4.78, 5) is 15.7. The van der Waals surface area contributed by atoms with Crippen LogP contribution in [0.4, 0.5) is 0 Å². The Morgan fingerprint density at radius 1 is 1.19 bits per heavy atom. The van der Waals surface area contributed by atoms with Crippen molar-refractivity contribution in [2.45, 2.75) is 20.8 Å². The molecule has 0 spiro atoms. The van der Waals surface area contributed by atoms with Gasteiger partial charge in [0.1, 0.15) is 5.69 Å². The predicted octanol–water partition coefficient (Wildman–Crippen LogP) is 4.57. The molecule has 2 heterocycles. The molecule has 0 aromatic carbocycles. The Bertz CT molecular complexity index is 963. The Morgan fingerprint density at radius 2 is 1.96 bits per heavy atom. The largest absolute Gasteiger partial charge is 0.477 e. The van der Waals surface area contributed by atoms with Crippen molar-refractivity contribution >= 4 is 23.7 Å². The van der Waals surface area contributed by atoms with Gasteiger partial charge in [0.05, 0.1) is 17.6 Å². The number of hydrogen-bond donors (Lipinski definition) is 1. The van der Waals surface area contributed by atoms with E-state index in [0.29, 0.717) is 22.6 Å². The average Bonchev–Trinajstić information content (AvgIpc) is 3.14. The molecule has 2 aromatic heterocycles. The summed E-state index contributed by atoms with van der Waals surface area (Å²) in [6, 6.07) is 1.47. The number of aromatic carboxylic acids is 1. The lowest BCUT2D eigenvalue weighted by molar-refractivity contribution is 0.0690. The van der Waals surface area contributed by atoms with Gasteiger partial charge in [0.15, 0.2) is 5.69 Å². The first-order chi connectivity index (χ1) is 13.0. The number of hydrogen-bond acceptors (Lipinski definition) is 4. The van der Waals surface area contributed by atoms with E-state index in [1.54, 1.807) is 29.1 Å². The minimum Gasteiger partial charge on any atom is -0.477 e. The third-order valence-electron chi connectivity index (χ3n) is 3.66. The molecular weight excluding hydrogens is 340 g/mol. The number of carboxylic acids is 1. The van der Waals surface area contributed by atoms with E-state index in [1.807, 2.05) is 51.2 Å². The van der Waals surface area contributed by atoms with Gasteiger partial charge in [0.2, 0.25) is 0 Å².